The van der Waals surface area contributed by atoms with Gasteiger partial charge in [0.2, 0.25) is 5.88 Å². The summed E-state index contributed by atoms with van der Waals surface area (Å²) in [5, 5.41) is 7.45. The van der Waals surface area contributed by atoms with Gasteiger partial charge in [-0.05, 0) is 23.8 Å². The van der Waals surface area contributed by atoms with E-state index in [1.54, 1.807) is 10.7 Å². The zero-order valence-corrected chi connectivity index (χ0v) is 10.8. The molecule has 3 aromatic rings. The molecule has 0 unspecified atom stereocenters. The number of aromatic nitrogens is 4. The van der Waals surface area contributed by atoms with Crippen molar-refractivity contribution in [3.05, 3.63) is 48.2 Å². The standard InChI is InChI=1S/C14H13N5O/c1-2-13-14(17-9-18-19(13)5-1)20-11-6-10-7-15-4-3-12(10)16-8-11/h1-2,5-6,8-9,15H,3-4,7H2. The molecule has 20 heavy (non-hydrogen) atoms. The highest BCUT2D eigenvalue weighted by atomic mass is 16.5. The van der Waals surface area contributed by atoms with Crippen molar-refractivity contribution in [2.45, 2.75) is 13.0 Å². The summed E-state index contributed by atoms with van der Waals surface area (Å²) in [6, 6.07) is 5.85. The molecule has 0 spiro atoms. The fraction of sp³-hybridized carbons (Fsp3) is 0.214. The summed E-state index contributed by atoms with van der Waals surface area (Å²) in [6.07, 6.45) is 6.06. The summed E-state index contributed by atoms with van der Waals surface area (Å²) >= 11 is 0. The predicted molar refractivity (Wildman–Crippen MR) is 72.7 cm³/mol. The molecule has 0 aromatic carbocycles. The summed E-state index contributed by atoms with van der Waals surface area (Å²) in [5.41, 5.74) is 3.17. The highest BCUT2D eigenvalue weighted by Crippen LogP contribution is 2.25. The van der Waals surface area contributed by atoms with Crippen molar-refractivity contribution in [2.75, 3.05) is 6.54 Å². The number of pyridine rings is 1. The normalized spacial score (nSPS) is 14.2. The molecular weight excluding hydrogens is 254 g/mol. The van der Waals surface area contributed by atoms with E-state index in [1.807, 2.05) is 24.4 Å². The third kappa shape index (κ3) is 1.90. The van der Waals surface area contributed by atoms with Crippen LogP contribution in [0.5, 0.6) is 11.6 Å². The van der Waals surface area contributed by atoms with E-state index in [9.17, 15) is 0 Å². The molecule has 4 heterocycles. The van der Waals surface area contributed by atoms with Gasteiger partial charge in [0.05, 0.1) is 6.20 Å². The Morgan fingerprint density at radius 1 is 1.30 bits per heavy atom. The molecule has 0 atom stereocenters. The third-order valence-electron chi connectivity index (χ3n) is 3.40. The van der Waals surface area contributed by atoms with E-state index in [4.69, 9.17) is 4.74 Å². The van der Waals surface area contributed by atoms with Crippen LogP contribution in [0.2, 0.25) is 0 Å². The third-order valence-corrected chi connectivity index (χ3v) is 3.40. The van der Waals surface area contributed by atoms with Gasteiger partial charge in [0.25, 0.3) is 0 Å². The van der Waals surface area contributed by atoms with Crippen LogP contribution >= 0.6 is 0 Å². The molecule has 0 bridgehead atoms. The van der Waals surface area contributed by atoms with E-state index in [1.165, 1.54) is 11.9 Å². The van der Waals surface area contributed by atoms with E-state index in [2.05, 4.69) is 20.4 Å². The fourth-order valence-electron chi connectivity index (χ4n) is 2.41. The van der Waals surface area contributed by atoms with Gasteiger partial charge in [0.1, 0.15) is 17.6 Å². The number of rotatable bonds is 2. The Kier molecular flexibility index (Phi) is 2.60. The molecule has 1 aliphatic rings. The lowest BCUT2D eigenvalue weighted by molar-refractivity contribution is 0.458. The van der Waals surface area contributed by atoms with Gasteiger partial charge in [-0.2, -0.15) is 10.1 Å². The maximum absolute atomic E-state index is 5.85. The van der Waals surface area contributed by atoms with E-state index >= 15 is 0 Å². The molecule has 6 heteroatoms. The minimum atomic E-state index is 0.538. The quantitative estimate of drug-likeness (QED) is 0.763. The van der Waals surface area contributed by atoms with Gasteiger partial charge in [-0.25, -0.2) is 4.52 Å². The largest absolute Gasteiger partial charge is 0.435 e. The maximum Gasteiger partial charge on any atom is 0.247 e. The van der Waals surface area contributed by atoms with Gasteiger partial charge in [-0.1, -0.05) is 0 Å². The highest BCUT2D eigenvalue weighted by molar-refractivity contribution is 5.56. The number of nitrogens with zero attached hydrogens (tertiary/aromatic N) is 4. The van der Waals surface area contributed by atoms with Crippen LogP contribution in [0, 0.1) is 0 Å². The van der Waals surface area contributed by atoms with Gasteiger partial charge in [0.15, 0.2) is 0 Å². The van der Waals surface area contributed by atoms with Crippen molar-refractivity contribution in [2.24, 2.45) is 0 Å². The lowest BCUT2D eigenvalue weighted by atomic mass is 10.1. The summed E-state index contributed by atoms with van der Waals surface area (Å²) in [5.74, 6) is 1.24. The summed E-state index contributed by atoms with van der Waals surface area (Å²) < 4.78 is 7.59. The summed E-state index contributed by atoms with van der Waals surface area (Å²) in [6.45, 7) is 1.82. The molecule has 0 radical (unpaired) electrons. The first-order chi connectivity index (χ1) is 9.90. The Labute approximate surface area is 115 Å². The van der Waals surface area contributed by atoms with Crippen molar-refractivity contribution in [3.8, 4) is 11.6 Å². The molecular formula is C14H13N5O. The number of nitrogens with one attached hydrogen (secondary N) is 1. The van der Waals surface area contributed by atoms with Crippen molar-refractivity contribution in [1.82, 2.24) is 24.9 Å². The van der Waals surface area contributed by atoms with Gasteiger partial charge < -0.3 is 10.1 Å². The van der Waals surface area contributed by atoms with Crippen molar-refractivity contribution >= 4 is 5.52 Å². The van der Waals surface area contributed by atoms with Crippen molar-refractivity contribution in [3.63, 3.8) is 0 Å². The molecule has 0 fully saturated rings. The highest BCUT2D eigenvalue weighted by Gasteiger charge is 2.12. The first-order valence-electron chi connectivity index (χ1n) is 6.55. The first kappa shape index (κ1) is 11.4. The smallest absolute Gasteiger partial charge is 0.247 e. The van der Waals surface area contributed by atoms with Crippen LogP contribution in [0.3, 0.4) is 0 Å². The van der Waals surface area contributed by atoms with Crippen LogP contribution < -0.4 is 10.1 Å². The second kappa shape index (κ2) is 4.57. The minimum Gasteiger partial charge on any atom is -0.435 e. The topological polar surface area (TPSA) is 64.3 Å². The van der Waals surface area contributed by atoms with Crippen LogP contribution in [0.4, 0.5) is 0 Å². The zero-order valence-electron chi connectivity index (χ0n) is 10.8. The van der Waals surface area contributed by atoms with Crippen molar-refractivity contribution in [1.29, 1.82) is 0 Å². The van der Waals surface area contributed by atoms with Gasteiger partial charge >= 0.3 is 0 Å². The average molecular weight is 267 g/mol. The van der Waals surface area contributed by atoms with Gasteiger partial charge in [-0.15, -0.1) is 0 Å². The molecule has 0 amide bonds. The molecule has 1 N–H and O–H groups in total. The lowest BCUT2D eigenvalue weighted by Crippen LogP contribution is -2.24. The SMILES string of the molecule is c1cc2c(Oc3cnc4c(c3)CNCC4)ncnn2c1. The van der Waals surface area contributed by atoms with Crippen LogP contribution in [0.1, 0.15) is 11.3 Å². The number of ether oxygens (including phenoxy) is 1. The van der Waals surface area contributed by atoms with E-state index in [0.717, 1.165) is 30.7 Å². The minimum absolute atomic E-state index is 0.538. The molecule has 0 aliphatic carbocycles. The Balaban J connectivity index is 1.70. The second-order valence-electron chi connectivity index (χ2n) is 4.71. The maximum atomic E-state index is 5.85. The molecule has 6 nitrogen and oxygen atoms in total. The van der Waals surface area contributed by atoms with Gasteiger partial charge in [-0.3, -0.25) is 4.98 Å². The van der Waals surface area contributed by atoms with E-state index in [0.29, 0.717) is 11.6 Å². The zero-order chi connectivity index (χ0) is 13.4. The predicted octanol–water partition coefficient (Wildman–Crippen LogP) is 1.56. The summed E-state index contributed by atoms with van der Waals surface area (Å²) in [7, 11) is 0. The Bertz CT molecular complexity index is 767. The van der Waals surface area contributed by atoms with Crippen LogP contribution in [-0.4, -0.2) is 26.1 Å². The van der Waals surface area contributed by atoms with Gasteiger partial charge in [0, 0.05) is 31.4 Å². The van der Waals surface area contributed by atoms with Crippen LogP contribution in [-0.2, 0) is 13.0 Å². The molecule has 3 aromatic heterocycles. The lowest BCUT2D eigenvalue weighted by Gasteiger charge is -2.16. The number of hydrogen-bond donors (Lipinski definition) is 1. The molecule has 4 rings (SSSR count). The Morgan fingerprint density at radius 2 is 2.30 bits per heavy atom. The number of fused-ring (bicyclic) bond motifs is 2. The summed E-state index contributed by atoms with van der Waals surface area (Å²) in [4.78, 5) is 8.66. The Hall–Kier alpha value is -2.47. The fourth-order valence-corrected chi connectivity index (χ4v) is 2.41. The number of hydrogen-bond acceptors (Lipinski definition) is 5. The monoisotopic (exact) mass is 267 g/mol. The molecule has 0 saturated heterocycles. The Morgan fingerprint density at radius 3 is 3.30 bits per heavy atom. The van der Waals surface area contributed by atoms with E-state index < -0.39 is 0 Å². The van der Waals surface area contributed by atoms with Crippen LogP contribution in [0.15, 0.2) is 36.9 Å². The second-order valence-corrected chi connectivity index (χ2v) is 4.71. The molecule has 100 valence electrons. The molecule has 1 aliphatic heterocycles. The van der Waals surface area contributed by atoms with Crippen molar-refractivity contribution < 1.29 is 4.74 Å². The molecule has 0 saturated carbocycles. The van der Waals surface area contributed by atoms with Crippen LogP contribution in [0.25, 0.3) is 5.52 Å². The average Bonchev–Trinajstić information content (AvgIpc) is 2.97. The first-order valence-corrected chi connectivity index (χ1v) is 6.55. The van der Waals surface area contributed by atoms with E-state index in [-0.39, 0.29) is 0 Å².